The molecule has 0 unspecified atom stereocenters. The van der Waals surface area contributed by atoms with Gasteiger partial charge in [-0.2, -0.15) is 0 Å². The number of ether oxygens (including phenoxy) is 2. The Bertz CT molecular complexity index is 360. The number of methoxy groups -OCH3 is 1. The first-order chi connectivity index (χ1) is 6.72. The van der Waals surface area contributed by atoms with E-state index < -0.39 is 5.82 Å². The average Bonchev–Trinajstić information content (AvgIpc) is 2.19. The van der Waals surface area contributed by atoms with Gasteiger partial charge in [-0.1, -0.05) is 0 Å². The van der Waals surface area contributed by atoms with Gasteiger partial charge in [-0.25, -0.2) is 4.39 Å². The molecule has 0 fully saturated rings. The monoisotopic (exact) mass is 233 g/mol. The van der Waals surface area contributed by atoms with E-state index in [9.17, 15) is 4.39 Å². The van der Waals surface area contributed by atoms with Crippen LogP contribution in [-0.2, 0) is 0 Å². The fraction of sp³-hybridized carbons (Fsp3) is 0.400. The summed E-state index contributed by atoms with van der Waals surface area (Å²) in [6.45, 7) is 0.470. The number of rotatable bonds is 1. The van der Waals surface area contributed by atoms with Crippen molar-refractivity contribution in [3.63, 3.8) is 0 Å². The van der Waals surface area contributed by atoms with E-state index in [4.69, 9.17) is 15.2 Å². The number of hydrogen-bond acceptors (Lipinski definition) is 3. The molecule has 0 saturated carbocycles. The summed E-state index contributed by atoms with van der Waals surface area (Å²) in [6.07, 6.45) is 0.708. The molecule has 0 aliphatic carbocycles. The van der Waals surface area contributed by atoms with E-state index in [0.29, 0.717) is 24.3 Å². The van der Waals surface area contributed by atoms with Crippen molar-refractivity contribution in [3.05, 3.63) is 23.5 Å². The lowest BCUT2D eigenvalue weighted by Crippen LogP contribution is -2.21. The molecular formula is C10H13ClFNO2. The first-order valence-corrected chi connectivity index (χ1v) is 4.48. The molecule has 1 aliphatic rings. The Morgan fingerprint density at radius 3 is 2.93 bits per heavy atom. The number of halogens is 2. The van der Waals surface area contributed by atoms with Crippen LogP contribution < -0.4 is 15.2 Å². The molecule has 3 nitrogen and oxygen atoms in total. The highest BCUT2D eigenvalue weighted by Gasteiger charge is 2.22. The van der Waals surface area contributed by atoms with Crippen molar-refractivity contribution in [1.29, 1.82) is 0 Å². The van der Waals surface area contributed by atoms with Gasteiger partial charge in [0, 0.05) is 24.1 Å². The van der Waals surface area contributed by atoms with Crippen molar-refractivity contribution in [2.24, 2.45) is 5.73 Å². The van der Waals surface area contributed by atoms with Gasteiger partial charge in [0.05, 0.1) is 13.7 Å². The van der Waals surface area contributed by atoms with Gasteiger partial charge in [0.15, 0.2) is 11.6 Å². The fourth-order valence-corrected chi connectivity index (χ4v) is 1.58. The molecule has 1 aromatic carbocycles. The second-order valence-electron chi connectivity index (χ2n) is 3.27. The van der Waals surface area contributed by atoms with Crippen LogP contribution in [0.2, 0.25) is 0 Å². The van der Waals surface area contributed by atoms with E-state index in [1.165, 1.54) is 13.2 Å². The van der Waals surface area contributed by atoms with Crippen LogP contribution in [0.3, 0.4) is 0 Å². The van der Waals surface area contributed by atoms with E-state index >= 15 is 0 Å². The summed E-state index contributed by atoms with van der Waals surface area (Å²) >= 11 is 0. The Hall–Kier alpha value is -1.00. The Kier molecular flexibility index (Phi) is 3.77. The molecule has 5 heteroatoms. The number of nitrogens with two attached hydrogens (primary N) is 1. The van der Waals surface area contributed by atoms with E-state index in [-0.39, 0.29) is 24.2 Å². The predicted molar refractivity (Wildman–Crippen MR) is 57.2 cm³/mol. The third kappa shape index (κ3) is 2.16. The largest absolute Gasteiger partial charge is 0.497 e. The molecule has 1 aliphatic heterocycles. The lowest BCUT2D eigenvalue weighted by molar-refractivity contribution is 0.254. The molecule has 0 saturated heterocycles. The van der Waals surface area contributed by atoms with Gasteiger partial charge in [-0.3, -0.25) is 0 Å². The van der Waals surface area contributed by atoms with Crippen molar-refractivity contribution in [3.8, 4) is 11.5 Å². The smallest absolute Gasteiger partial charge is 0.169 e. The molecule has 2 rings (SSSR count). The van der Waals surface area contributed by atoms with Crippen LogP contribution in [0.15, 0.2) is 12.1 Å². The van der Waals surface area contributed by atoms with Gasteiger partial charge in [-0.05, 0) is 6.07 Å². The van der Waals surface area contributed by atoms with Gasteiger partial charge in [0.1, 0.15) is 5.75 Å². The minimum absolute atomic E-state index is 0. The summed E-state index contributed by atoms with van der Waals surface area (Å²) in [5.41, 5.74) is 6.52. The summed E-state index contributed by atoms with van der Waals surface area (Å²) in [6, 6.07) is 2.86. The average molecular weight is 234 g/mol. The summed E-state index contributed by atoms with van der Waals surface area (Å²) in [5.74, 6) is 0.334. The van der Waals surface area contributed by atoms with Crippen LogP contribution in [0, 0.1) is 5.82 Å². The van der Waals surface area contributed by atoms with E-state index in [0.717, 1.165) is 0 Å². The van der Waals surface area contributed by atoms with Crippen molar-refractivity contribution < 1.29 is 13.9 Å². The van der Waals surface area contributed by atoms with Crippen LogP contribution in [0.25, 0.3) is 0 Å². The highest BCUT2D eigenvalue weighted by atomic mass is 35.5. The molecular weight excluding hydrogens is 221 g/mol. The zero-order chi connectivity index (χ0) is 10.1. The van der Waals surface area contributed by atoms with Gasteiger partial charge >= 0.3 is 0 Å². The van der Waals surface area contributed by atoms with Crippen LogP contribution in [-0.4, -0.2) is 13.7 Å². The molecule has 0 bridgehead atoms. The first kappa shape index (κ1) is 12.1. The van der Waals surface area contributed by atoms with Crippen LogP contribution in [0.4, 0.5) is 4.39 Å². The molecule has 84 valence electrons. The number of fused-ring (bicyclic) bond motifs is 1. The van der Waals surface area contributed by atoms with E-state index in [2.05, 4.69) is 0 Å². The van der Waals surface area contributed by atoms with Gasteiger partial charge < -0.3 is 15.2 Å². The molecule has 0 aromatic heterocycles. The minimum atomic E-state index is -0.408. The van der Waals surface area contributed by atoms with Crippen molar-refractivity contribution in [2.45, 2.75) is 12.5 Å². The fourth-order valence-electron chi connectivity index (χ4n) is 1.58. The molecule has 1 atom stereocenters. The predicted octanol–water partition coefficient (Wildman–Crippen LogP) is 2.04. The Morgan fingerprint density at radius 2 is 2.27 bits per heavy atom. The van der Waals surface area contributed by atoms with Crippen molar-refractivity contribution in [2.75, 3.05) is 13.7 Å². The number of hydrogen-bond donors (Lipinski definition) is 1. The molecule has 0 radical (unpaired) electrons. The Balaban J connectivity index is 0.00000112. The molecule has 15 heavy (non-hydrogen) atoms. The molecule has 0 amide bonds. The first-order valence-electron chi connectivity index (χ1n) is 4.48. The second kappa shape index (κ2) is 4.68. The SMILES string of the molecule is COc1cc(F)c2c(c1)[C@H](N)CCO2.Cl. The Morgan fingerprint density at radius 1 is 1.53 bits per heavy atom. The lowest BCUT2D eigenvalue weighted by atomic mass is 10.0. The normalized spacial score (nSPS) is 18.5. The molecule has 1 aromatic rings. The summed E-state index contributed by atoms with van der Waals surface area (Å²) < 4.78 is 23.6. The maximum Gasteiger partial charge on any atom is 0.169 e. The maximum atomic E-state index is 13.4. The Labute approximate surface area is 93.8 Å². The topological polar surface area (TPSA) is 44.5 Å². The third-order valence-electron chi connectivity index (χ3n) is 2.36. The van der Waals surface area contributed by atoms with Crippen molar-refractivity contribution >= 4 is 12.4 Å². The highest BCUT2D eigenvalue weighted by molar-refractivity contribution is 5.85. The second-order valence-corrected chi connectivity index (χ2v) is 3.27. The molecule has 0 spiro atoms. The summed E-state index contributed by atoms with van der Waals surface area (Å²) in [4.78, 5) is 0. The van der Waals surface area contributed by atoms with Gasteiger partial charge in [0.2, 0.25) is 0 Å². The minimum Gasteiger partial charge on any atom is -0.497 e. The number of benzene rings is 1. The summed E-state index contributed by atoms with van der Waals surface area (Å²) in [7, 11) is 1.50. The maximum absolute atomic E-state index is 13.4. The summed E-state index contributed by atoms with van der Waals surface area (Å²) in [5, 5.41) is 0. The zero-order valence-electron chi connectivity index (χ0n) is 8.33. The quantitative estimate of drug-likeness (QED) is 0.807. The van der Waals surface area contributed by atoms with E-state index in [1.807, 2.05) is 0 Å². The van der Waals surface area contributed by atoms with Crippen LogP contribution in [0.5, 0.6) is 11.5 Å². The van der Waals surface area contributed by atoms with Crippen LogP contribution >= 0.6 is 12.4 Å². The standard InChI is InChI=1S/C10H12FNO2.ClH/c1-13-6-4-7-9(12)2-3-14-10(7)8(11)5-6;/h4-5,9H,2-3,12H2,1H3;1H/t9-;/m1./s1. The van der Waals surface area contributed by atoms with Crippen LogP contribution in [0.1, 0.15) is 18.0 Å². The van der Waals surface area contributed by atoms with Gasteiger partial charge in [-0.15, -0.1) is 12.4 Å². The lowest BCUT2D eigenvalue weighted by Gasteiger charge is -2.23. The molecule has 1 heterocycles. The van der Waals surface area contributed by atoms with Gasteiger partial charge in [0.25, 0.3) is 0 Å². The highest BCUT2D eigenvalue weighted by Crippen LogP contribution is 2.35. The molecule has 2 N–H and O–H groups in total. The van der Waals surface area contributed by atoms with E-state index in [1.54, 1.807) is 6.07 Å². The van der Waals surface area contributed by atoms with Crippen molar-refractivity contribution in [1.82, 2.24) is 0 Å². The third-order valence-corrected chi connectivity index (χ3v) is 2.36. The zero-order valence-corrected chi connectivity index (χ0v) is 9.14.